The zero-order valence-corrected chi connectivity index (χ0v) is 15.1. The van der Waals surface area contributed by atoms with Gasteiger partial charge in [-0.05, 0) is 24.3 Å². The van der Waals surface area contributed by atoms with Gasteiger partial charge in [0.1, 0.15) is 17.1 Å². The van der Waals surface area contributed by atoms with Crippen LogP contribution in [0.1, 0.15) is 15.9 Å². The van der Waals surface area contributed by atoms with Crippen LogP contribution in [0.2, 0.25) is 0 Å². The number of methoxy groups -OCH3 is 1. The molecular formula is C18H13NO5S2. The van der Waals surface area contributed by atoms with Gasteiger partial charge in [-0.25, -0.2) is 4.79 Å². The maximum absolute atomic E-state index is 12.8. The molecule has 6 nitrogen and oxygen atoms in total. The summed E-state index contributed by atoms with van der Waals surface area (Å²) in [6, 6.07) is 11.1. The molecule has 2 N–H and O–H groups in total. The van der Waals surface area contributed by atoms with Gasteiger partial charge in [-0.2, -0.15) is 0 Å². The standard InChI is InChI=1S/C18H13NO5S2/c1-24-14-5-3-2-4-10(14)8-15-16(21)19(18(25)26-15)11-6-7-12(17(22)23)13(20)9-11/h2-9,20H,1H3,(H,22,23)/b15-8-. The van der Waals surface area contributed by atoms with Crippen LogP contribution in [0.4, 0.5) is 5.69 Å². The van der Waals surface area contributed by atoms with E-state index in [-0.39, 0.29) is 11.5 Å². The highest BCUT2D eigenvalue weighted by molar-refractivity contribution is 8.27. The second-order valence-electron chi connectivity index (χ2n) is 5.27. The molecule has 0 radical (unpaired) electrons. The number of hydrogen-bond acceptors (Lipinski definition) is 6. The minimum Gasteiger partial charge on any atom is -0.507 e. The number of thioether (sulfide) groups is 1. The highest BCUT2D eigenvalue weighted by Crippen LogP contribution is 2.38. The Hall–Kier alpha value is -2.84. The predicted octanol–water partition coefficient (Wildman–Crippen LogP) is 3.50. The van der Waals surface area contributed by atoms with Crippen LogP contribution >= 0.6 is 24.0 Å². The predicted molar refractivity (Wildman–Crippen MR) is 104 cm³/mol. The van der Waals surface area contributed by atoms with Crippen molar-refractivity contribution in [2.75, 3.05) is 12.0 Å². The van der Waals surface area contributed by atoms with Crippen molar-refractivity contribution in [1.82, 2.24) is 0 Å². The van der Waals surface area contributed by atoms with Crippen molar-refractivity contribution in [3.05, 3.63) is 58.5 Å². The number of benzene rings is 2. The Kier molecular flexibility index (Phi) is 4.97. The first-order chi connectivity index (χ1) is 12.4. The number of rotatable bonds is 4. The van der Waals surface area contributed by atoms with Crippen LogP contribution in [0.25, 0.3) is 6.08 Å². The third-order valence-electron chi connectivity index (χ3n) is 3.69. The molecule has 0 bridgehead atoms. The molecule has 0 unspecified atom stereocenters. The summed E-state index contributed by atoms with van der Waals surface area (Å²) in [7, 11) is 1.55. The third kappa shape index (κ3) is 3.29. The molecular weight excluding hydrogens is 374 g/mol. The number of phenols is 1. The number of hydrogen-bond donors (Lipinski definition) is 2. The van der Waals surface area contributed by atoms with E-state index in [0.717, 1.165) is 17.3 Å². The number of anilines is 1. The molecule has 1 fully saturated rings. The zero-order valence-electron chi connectivity index (χ0n) is 13.5. The van der Waals surface area contributed by atoms with Crippen LogP contribution in [0.15, 0.2) is 47.4 Å². The smallest absolute Gasteiger partial charge is 0.339 e. The lowest BCUT2D eigenvalue weighted by Crippen LogP contribution is -2.27. The fraction of sp³-hybridized carbons (Fsp3) is 0.0556. The topological polar surface area (TPSA) is 87.1 Å². The average molecular weight is 387 g/mol. The largest absolute Gasteiger partial charge is 0.507 e. The van der Waals surface area contributed by atoms with Crippen molar-refractivity contribution in [3.8, 4) is 11.5 Å². The van der Waals surface area contributed by atoms with Gasteiger partial charge in [-0.1, -0.05) is 42.2 Å². The molecule has 3 rings (SSSR count). The van der Waals surface area contributed by atoms with E-state index in [9.17, 15) is 14.7 Å². The number of amides is 1. The normalized spacial score (nSPS) is 15.6. The van der Waals surface area contributed by atoms with Gasteiger partial charge in [-0.3, -0.25) is 9.69 Å². The number of carboxylic acid groups (broad SMARTS) is 1. The van der Waals surface area contributed by atoms with Gasteiger partial charge >= 0.3 is 5.97 Å². The van der Waals surface area contributed by atoms with Gasteiger partial charge < -0.3 is 14.9 Å². The van der Waals surface area contributed by atoms with Gasteiger partial charge in [0.2, 0.25) is 0 Å². The van der Waals surface area contributed by atoms with Crippen molar-refractivity contribution >= 4 is 51.9 Å². The molecule has 132 valence electrons. The molecule has 1 aliphatic heterocycles. The SMILES string of the molecule is COc1ccccc1/C=C1\SC(=S)N(c2ccc(C(=O)O)c(O)c2)C1=O. The summed E-state index contributed by atoms with van der Waals surface area (Å²) in [5.74, 6) is -1.41. The maximum Gasteiger partial charge on any atom is 0.339 e. The van der Waals surface area contributed by atoms with E-state index in [1.807, 2.05) is 18.2 Å². The molecule has 26 heavy (non-hydrogen) atoms. The summed E-state index contributed by atoms with van der Waals surface area (Å²) in [5, 5.41) is 18.9. The zero-order chi connectivity index (χ0) is 18.8. The Bertz CT molecular complexity index is 954. The Balaban J connectivity index is 1.96. The number of aromatic carboxylic acids is 1. The van der Waals surface area contributed by atoms with E-state index in [4.69, 9.17) is 22.1 Å². The van der Waals surface area contributed by atoms with Crippen LogP contribution in [0, 0.1) is 0 Å². The lowest BCUT2D eigenvalue weighted by Gasteiger charge is -2.15. The van der Waals surface area contributed by atoms with E-state index in [0.29, 0.717) is 20.7 Å². The summed E-state index contributed by atoms with van der Waals surface area (Å²) < 4.78 is 5.57. The number of carbonyl (C=O) groups excluding carboxylic acids is 1. The lowest BCUT2D eigenvalue weighted by molar-refractivity contribution is -0.113. The molecule has 0 saturated carbocycles. The van der Waals surface area contributed by atoms with Crippen molar-refractivity contribution in [1.29, 1.82) is 0 Å². The number of ether oxygens (including phenoxy) is 1. The number of thiocarbonyl (C=S) groups is 1. The highest BCUT2D eigenvalue weighted by atomic mass is 32.2. The molecule has 0 aliphatic carbocycles. The summed E-state index contributed by atoms with van der Waals surface area (Å²) in [5.41, 5.74) is 0.793. The van der Waals surface area contributed by atoms with E-state index < -0.39 is 11.7 Å². The van der Waals surface area contributed by atoms with Crippen molar-refractivity contribution < 1.29 is 24.5 Å². The summed E-state index contributed by atoms with van der Waals surface area (Å²) in [6.45, 7) is 0. The Labute approximate surface area is 158 Å². The molecule has 1 aliphatic rings. The van der Waals surface area contributed by atoms with E-state index in [2.05, 4.69) is 0 Å². The second kappa shape index (κ2) is 7.19. The average Bonchev–Trinajstić information content (AvgIpc) is 2.88. The number of carbonyl (C=O) groups is 2. The van der Waals surface area contributed by atoms with E-state index in [1.54, 1.807) is 19.3 Å². The summed E-state index contributed by atoms with van der Waals surface area (Å²) in [4.78, 5) is 25.4. The molecule has 2 aromatic rings. The molecule has 2 aromatic carbocycles. The fourth-order valence-electron chi connectivity index (χ4n) is 2.46. The highest BCUT2D eigenvalue weighted by Gasteiger charge is 2.34. The van der Waals surface area contributed by atoms with Gasteiger partial charge in [0.25, 0.3) is 5.91 Å². The van der Waals surface area contributed by atoms with Crippen LogP contribution in [0.5, 0.6) is 11.5 Å². The van der Waals surface area contributed by atoms with E-state index >= 15 is 0 Å². The van der Waals surface area contributed by atoms with Crippen molar-refractivity contribution in [2.24, 2.45) is 0 Å². The molecule has 8 heteroatoms. The van der Waals surface area contributed by atoms with Crippen molar-refractivity contribution in [2.45, 2.75) is 0 Å². The number of para-hydroxylation sites is 1. The fourth-order valence-corrected chi connectivity index (χ4v) is 3.75. The Morgan fingerprint density at radius 3 is 2.65 bits per heavy atom. The van der Waals surface area contributed by atoms with Gasteiger partial charge in [0.15, 0.2) is 4.32 Å². The Morgan fingerprint density at radius 2 is 2.00 bits per heavy atom. The molecule has 1 amide bonds. The van der Waals surface area contributed by atoms with Crippen LogP contribution in [0.3, 0.4) is 0 Å². The van der Waals surface area contributed by atoms with Gasteiger partial charge in [0.05, 0.1) is 17.7 Å². The van der Waals surface area contributed by atoms with Crippen LogP contribution in [-0.2, 0) is 4.79 Å². The summed E-state index contributed by atoms with van der Waals surface area (Å²) >= 11 is 6.40. The third-order valence-corrected chi connectivity index (χ3v) is 4.99. The number of nitrogens with zero attached hydrogens (tertiary/aromatic N) is 1. The van der Waals surface area contributed by atoms with Crippen molar-refractivity contribution in [3.63, 3.8) is 0 Å². The first kappa shape index (κ1) is 18.0. The monoisotopic (exact) mass is 387 g/mol. The first-order valence-electron chi connectivity index (χ1n) is 7.39. The molecule has 0 spiro atoms. The van der Waals surface area contributed by atoms with Crippen LogP contribution in [-0.4, -0.2) is 33.5 Å². The molecule has 1 heterocycles. The van der Waals surface area contributed by atoms with Gasteiger partial charge in [0, 0.05) is 11.6 Å². The molecule has 0 aromatic heterocycles. The minimum absolute atomic E-state index is 0.247. The maximum atomic E-state index is 12.8. The second-order valence-corrected chi connectivity index (χ2v) is 6.94. The molecule has 1 saturated heterocycles. The minimum atomic E-state index is -1.25. The number of aromatic hydroxyl groups is 1. The van der Waals surface area contributed by atoms with Gasteiger partial charge in [-0.15, -0.1) is 0 Å². The summed E-state index contributed by atoms with van der Waals surface area (Å²) in [6.07, 6.45) is 1.68. The first-order valence-corrected chi connectivity index (χ1v) is 8.62. The Morgan fingerprint density at radius 1 is 1.27 bits per heavy atom. The quantitative estimate of drug-likeness (QED) is 0.613. The lowest BCUT2D eigenvalue weighted by atomic mass is 10.1. The molecule has 0 atom stereocenters. The number of carboxylic acids is 1. The van der Waals surface area contributed by atoms with Crippen LogP contribution < -0.4 is 9.64 Å². The van der Waals surface area contributed by atoms with E-state index in [1.165, 1.54) is 23.1 Å².